The Morgan fingerprint density at radius 1 is 1.19 bits per heavy atom. The number of carbonyl (C=O) groups is 1. The number of nitrogens with one attached hydrogen (secondary N) is 1. The lowest BCUT2D eigenvalue weighted by molar-refractivity contribution is 0.0933. The van der Waals surface area contributed by atoms with E-state index in [9.17, 15) is 4.79 Å². The number of aryl methyl sites for hydroxylation is 2. The van der Waals surface area contributed by atoms with Crippen molar-refractivity contribution in [1.29, 1.82) is 0 Å². The zero-order valence-electron chi connectivity index (χ0n) is 12.0. The summed E-state index contributed by atoms with van der Waals surface area (Å²) in [7, 11) is 0. The van der Waals surface area contributed by atoms with Crippen LogP contribution in [0.25, 0.3) is 0 Å². The molecule has 1 unspecified atom stereocenters. The standard InChI is InChI=1S/C18H18BrNO/c1-12-6-9-17(19)16(10-12)18(21)20-15-8-7-13-4-2-3-5-14(13)11-15/h2-6,9-10,15H,7-8,11H2,1H3,(H,20,21). The van der Waals surface area contributed by atoms with Crippen LogP contribution in [0, 0.1) is 6.92 Å². The van der Waals surface area contributed by atoms with Crippen molar-refractivity contribution in [1.82, 2.24) is 5.32 Å². The van der Waals surface area contributed by atoms with Crippen LogP contribution in [0.3, 0.4) is 0 Å². The quantitative estimate of drug-likeness (QED) is 0.875. The molecule has 1 N–H and O–H groups in total. The minimum Gasteiger partial charge on any atom is -0.349 e. The number of halogens is 1. The number of amides is 1. The van der Waals surface area contributed by atoms with E-state index in [0.29, 0.717) is 5.56 Å². The first-order chi connectivity index (χ1) is 10.1. The number of hydrogen-bond donors (Lipinski definition) is 1. The van der Waals surface area contributed by atoms with E-state index in [2.05, 4.69) is 45.5 Å². The first-order valence-electron chi connectivity index (χ1n) is 7.27. The summed E-state index contributed by atoms with van der Waals surface area (Å²) in [5, 5.41) is 3.18. The van der Waals surface area contributed by atoms with Crippen LogP contribution in [-0.4, -0.2) is 11.9 Å². The minimum absolute atomic E-state index is 0.00922. The highest BCUT2D eigenvalue weighted by Crippen LogP contribution is 2.22. The highest BCUT2D eigenvalue weighted by Gasteiger charge is 2.21. The lowest BCUT2D eigenvalue weighted by Crippen LogP contribution is -2.39. The molecule has 0 saturated carbocycles. The normalized spacial score (nSPS) is 17.1. The van der Waals surface area contributed by atoms with E-state index in [1.54, 1.807) is 0 Å². The van der Waals surface area contributed by atoms with Crippen LogP contribution in [0.15, 0.2) is 46.9 Å². The molecule has 0 spiro atoms. The molecule has 0 fully saturated rings. The van der Waals surface area contributed by atoms with Crippen molar-refractivity contribution < 1.29 is 4.79 Å². The Hall–Kier alpha value is -1.61. The third-order valence-electron chi connectivity index (χ3n) is 4.05. The maximum absolute atomic E-state index is 12.5. The molecule has 3 rings (SSSR count). The Morgan fingerprint density at radius 3 is 2.76 bits per heavy atom. The molecule has 21 heavy (non-hydrogen) atoms. The molecule has 2 aromatic carbocycles. The number of benzene rings is 2. The monoisotopic (exact) mass is 343 g/mol. The van der Waals surface area contributed by atoms with Gasteiger partial charge in [-0.1, -0.05) is 35.9 Å². The SMILES string of the molecule is Cc1ccc(Br)c(C(=O)NC2CCc3ccccc3C2)c1. The van der Waals surface area contributed by atoms with E-state index in [1.807, 2.05) is 25.1 Å². The van der Waals surface area contributed by atoms with E-state index < -0.39 is 0 Å². The van der Waals surface area contributed by atoms with Gasteiger partial charge in [0.25, 0.3) is 5.91 Å². The predicted octanol–water partition coefficient (Wildman–Crippen LogP) is 4.04. The molecular formula is C18H18BrNO. The van der Waals surface area contributed by atoms with Gasteiger partial charge in [-0.15, -0.1) is 0 Å². The van der Waals surface area contributed by atoms with Gasteiger partial charge in [-0.05, 0) is 65.4 Å². The zero-order chi connectivity index (χ0) is 14.8. The van der Waals surface area contributed by atoms with Crippen LogP contribution in [-0.2, 0) is 12.8 Å². The summed E-state index contributed by atoms with van der Waals surface area (Å²) in [5.41, 5.74) is 4.59. The van der Waals surface area contributed by atoms with Crippen LogP contribution in [0.2, 0.25) is 0 Å². The molecule has 0 aromatic heterocycles. The topological polar surface area (TPSA) is 29.1 Å². The number of hydrogen-bond acceptors (Lipinski definition) is 1. The highest BCUT2D eigenvalue weighted by molar-refractivity contribution is 9.10. The molecule has 1 atom stereocenters. The molecule has 0 heterocycles. The van der Waals surface area contributed by atoms with Crippen LogP contribution in [0.4, 0.5) is 0 Å². The summed E-state index contributed by atoms with van der Waals surface area (Å²) in [6, 6.07) is 14.6. The molecular weight excluding hydrogens is 326 g/mol. The summed E-state index contributed by atoms with van der Waals surface area (Å²) in [6.07, 6.45) is 2.97. The first kappa shape index (κ1) is 14.3. The van der Waals surface area contributed by atoms with Gasteiger partial charge in [-0.3, -0.25) is 4.79 Å². The molecule has 1 amide bonds. The largest absolute Gasteiger partial charge is 0.349 e. The average molecular weight is 344 g/mol. The highest BCUT2D eigenvalue weighted by atomic mass is 79.9. The number of carbonyl (C=O) groups excluding carboxylic acids is 1. The summed E-state index contributed by atoms with van der Waals surface area (Å²) < 4.78 is 0.849. The number of fused-ring (bicyclic) bond motifs is 1. The van der Waals surface area contributed by atoms with Crippen LogP contribution < -0.4 is 5.32 Å². The summed E-state index contributed by atoms with van der Waals surface area (Å²) in [6.45, 7) is 2.00. The van der Waals surface area contributed by atoms with Crippen molar-refractivity contribution in [2.45, 2.75) is 32.2 Å². The van der Waals surface area contributed by atoms with Crippen LogP contribution in [0.5, 0.6) is 0 Å². The second-order valence-electron chi connectivity index (χ2n) is 5.67. The Balaban J connectivity index is 1.73. The van der Waals surface area contributed by atoms with E-state index in [0.717, 1.165) is 29.3 Å². The van der Waals surface area contributed by atoms with Gasteiger partial charge < -0.3 is 5.32 Å². The van der Waals surface area contributed by atoms with E-state index in [4.69, 9.17) is 0 Å². The molecule has 0 saturated heterocycles. The fourth-order valence-electron chi connectivity index (χ4n) is 2.90. The van der Waals surface area contributed by atoms with Crippen LogP contribution in [0.1, 0.15) is 33.5 Å². The van der Waals surface area contributed by atoms with Crippen molar-refractivity contribution in [3.05, 3.63) is 69.2 Å². The van der Waals surface area contributed by atoms with Crippen LogP contribution >= 0.6 is 15.9 Å². The van der Waals surface area contributed by atoms with Gasteiger partial charge in [0.15, 0.2) is 0 Å². The molecule has 2 aromatic rings. The first-order valence-corrected chi connectivity index (χ1v) is 8.06. The molecule has 108 valence electrons. The van der Waals surface area contributed by atoms with E-state index >= 15 is 0 Å². The maximum Gasteiger partial charge on any atom is 0.252 e. The fourth-order valence-corrected chi connectivity index (χ4v) is 3.32. The van der Waals surface area contributed by atoms with Crippen molar-refractivity contribution in [2.24, 2.45) is 0 Å². The van der Waals surface area contributed by atoms with Gasteiger partial charge in [0, 0.05) is 10.5 Å². The van der Waals surface area contributed by atoms with Crippen molar-refractivity contribution in [3.63, 3.8) is 0 Å². The zero-order valence-corrected chi connectivity index (χ0v) is 13.6. The summed E-state index contributed by atoms with van der Waals surface area (Å²) in [4.78, 5) is 12.5. The van der Waals surface area contributed by atoms with Gasteiger partial charge in [0.1, 0.15) is 0 Å². The third-order valence-corrected chi connectivity index (χ3v) is 4.74. The Bertz CT molecular complexity index is 681. The Labute approximate surface area is 133 Å². The molecule has 3 heteroatoms. The van der Waals surface area contributed by atoms with Crippen molar-refractivity contribution in [3.8, 4) is 0 Å². The molecule has 1 aliphatic carbocycles. The molecule has 0 bridgehead atoms. The average Bonchev–Trinajstić information content (AvgIpc) is 2.49. The summed E-state index contributed by atoms with van der Waals surface area (Å²) in [5.74, 6) is 0.00922. The molecule has 0 aliphatic heterocycles. The minimum atomic E-state index is 0.00922. The smallest absolute Gasteiger partial charge is 0.252 e. The molecule has 2 nitrogen and oxygen atoms in total. The summed E-state index contributed by atoms with van der Waals surface area (Å²) >= 11 is 3.46. The fraction of sp³-hybridized carbons (Fsp3) is 0.278. The molecule has 0 radical (unpaired) electrons. The van der Waals surface area contributed by atoms with E-state index in [-0.39, 0.29) is 11.9 Å². The second kappa shape index (κ2) is 6.02. The van der Waals surface area contributed by atoms with Crippen molar-refractivity contribution >= 4 is 21.8 Å². The third kappa shape index (κ3) is 3.18. The van der Waals surface area contributed by atoms with Gasteiger partial charge >= 0.3 is 0 Å². The van der Waals surface area contributed by atoms with Gasteiger partial charge in [-0.2, -0.15) is 0 Å². The van der Waals surface area contributed by atoms with Gasteiger partial charge in [-0.25, -0.2) is 0 Å². The number of rotatable bonds is 2. The Kier molecular flexibility index (Phi) is 4.11. The lowest BCUT2D eigenvalue weighted by Gasteiger charge is -2.25. The van der Waals surface area contributed by atoms with E-state index in [1.165, 1.54) is 11.1 Å². The Morgan fingerprint density at radius 2 is 1.95 bits per heavy atom. The van der Waals surface area contributed by atoms with Gasteiger partial charge in [0.05, 0.1) is 5.56 Å². The van der Waals surface area contributed by atoms with Gasteiger partial charge in [0.2, 0.25) is 0 Å². The maximum atomic E-state index is 12.5. The molecule has 1 aliphatic rings. The lowest BCUT2D eigenvalue weighted by atomic mass is 9.88. The van der Waals surface area contributed by atoms with Crippen molar-refractivity contribution in [2.75, 3.05) is 0 Å². The predicted molar refractivity (Wildman–Crippen MR) is 88.6 cm³/mol. The second-order valence-corrected chi connectivity index (χ2v) is 6.52.